The number of para-hydroxylation sites is 1. The number of nitrogens with zero attached hydrogens (tertiary/aromatic N) is 2. The Kier molecular flexibility index (Phi) is 4.82. The molecule has 2 aliphatic rings. The summed E-state index contributed by atoms with van der Waals surface area (Å²) in [4.78, 5) is 31.9. The predicted octanol–water partition coefficient (Wildman–Crippen LogP) is 2.51. The highest BCUT2D eigenvalue weighted by atomic mass is 16.2. The molecule has 2 N–H and O–H groups in total. The minimum Gasteiger partial charge on any atom is -0.361 e. The minimum atomic E-state index is 0.0284. The van der Waals surface area contributed by atoms with Crippen molar-refractivity contribution in [2.45, 2.75) is 38.1 Å². The number of benzene rings is 1. The Morgan fingerprint density at radius 1 is 1.04 bits per heavy atom. The van der Waals surface area contributed by atoms with Crippen LogP contribution in [0.2, 0.25) is 0 Å². The number of fused-ring (bicyclic) bond motifs is 1. The van der Waals surface area contributed by atoms with E-state index in [0.29, 0.717) is 38.6 Å². The van der Waals surface area contributed by atoms with E-state index in [1.165, 1.54) is 12.8 Å². The zero-order valence-electron chi connectivity index (χ0n) is 15.0. The van der Waals surface area contributed by atoms with E-state index in [2.05, 4.69) is 10.3 Å². The van der Waals surface area contributed by atoms with Gasteiger partial charge in [-0.1, -0.05) is 31.0 Å². The van der Waals surface area contributed by atoms with E-state index in [1.54, 1.807) is 0 Å². The average Bonchev–Trinajstić information content (AvgIpc) is 3.32. The lowest BCUT2D eigenvalue weighted by molar-refractivity contribution is -0.131. The van der Waals surface area contributed by atoms with Gasteiger partial charge in [-0.2, -0.15) is 0 Å². The van der Waals surface area contributed by atoms with Crippen LogP contribution in [0, 0.1) is 0 Å². The van der Waals surface area contributed by atoms with E-state index in [1.807, 2.05) is 40.3 Å². The van der Waals surface area contributed by atoms with E-state index >= 15 is 0 Å². The van der Waals surface area contributed by atoms with Crippen LogP contribution in [-0.4, -0.2) is 58.9 Å². The van der Waals surface area contributed by atoms with Crippen LogP contribution in [0.5, 0.6) is 0 Å². The van der Waals surface area contributed by atoms with Crippen molar-refractivity contribution in [3.63, 3.8) is 0 Å². The maximum atomic E-state index is 12.7. The molecule has 1 saturated carbocycles. The van der Waals surface area contributed by atoms with E-state index in [4.69, 9.17) is 0 Å². The van der Waals surface area contributed by atoms with Gasteiger partial charge in [0.2, 0.25) is 5.91 Å². The molecule has 0 atom stereocenters. The summed E-state index contributed by atoms with van der Waals surface area (Å²) in [6, 6.07) is 8.40. The molecule has 6 nitrogen and oxygen atoms in total. The first kappa shape index (κ1) is 16.9. The minimum absolute atomic E-state index is 0.0284. The molecule has 4 rings (SSSR count). The summed E-state index contributed by atoms with van der Waals surface area (Å²) in [5, 5.41) is 4.24. The van der Waals surface area contributed by atoms with Gasteiger partial charge < -0.3 is 20.1 Å². The fourth-order valence-electron chi connectivity index (χ4n) is 4.05. The van der Waals surface area contributed by atoms with Gasteiger partial charge in [-0.05, 0) is 24.5 Å². The van der Waals surface area contributed by atoms with Gasteiger partial charge in [-0.15, -0.1) is 0 Å². The number of aromatic amines is 1. The van der Waals surface area contributed by atoms with E-state index in [-0.39, 0.29) is 11.9 Å². The monoisotopic (exact) mass is 354 g/mol. The lowest BCUT2D eigenvalue weighted by Gasteiger charge is -2.35. The second-order valence-corrected chi connectivity index (χ2v) is 7.33. The molecule has 1 aliphatic heterocycles. The number of carbonyl (C=O) groups is 2. The summed E-state index contributed by atoms with van der Waals surface area (Å²) >= 11 is 0. The number of piperazine rings is 1. The van der Waals surface area contributed by atoms with Crippen LogP contribution in [0.15, 0.2) is 30.5 Å². The van der Waals surface area contributed by atoms with Gasteiger partial charge >= 0.3 is 6.03 Å². The smallest absolute Gasteiger partial charge is 0.317 e. The molecule has 2 aromatic rings. The highest BCUT2D eigenvalue weighted by Crippen LogP contribution is 2.20. The number of urea groups is 1. The van der Waals surface area contributed by atoms with Crippen molar-refractivity contribution in [3.8, 4) is 0 Å². The van der Waals surface area contributed by atoms with Crippen LogP contribution < -0.4 is 5.32 Å². The van der Waals surface area contributed by atoms with Crippen molar-refractivity contribution in [2.75, 3.05) is 26.2 Å². The molecule has 0 bridgehead atoms. The Balaban J connectivity index is 1.30. The third kappa shape index (κ3) is 3.54. The number of hydrogen-bond donors (Lipinski definition) is 2. The Morgan fingerprint density at radius 3 is 2.50 bits per heavy atom. The summed E-state index contributed by atoms with van der Waals surface area (Å²) < 4.78 is 0. The lowest BCUT2D eigenvalue weighted by Crippen LogP contribution is -2.54. The van der Waals surface area contributed by atoms with Crippen molar-refractivity contribution >= 4 is 22.8 Å². The predicted molar refractivity (Wildman–Crippen MR) is 101 cm³/mol. The van der Waals surface area contributed by atoms with Crippen molar-refractivity contribution in [2.24, 2.45) is 0 Å². The first-order valence-electron chi connectivity index (χ1n) is 9.59. The standard InChI is InChI=1S/C20H26N4O2/c25-19(13-15-14-21-18-8-4-3-7-17(15)18)23-9-11-24(12-10-23)20(26)22-16-5-1-2-6-16/h3-4,7-8,14,16,21H,1-2,5-6,9-13H2,(H,22,26). The Morgan fingerprint density at radius 2 is 1.73 bits per heavy atom. The number of hydrogen-bond acceptors (Lipinski definition) is 2. The second-order valence-electron chi connectivity index (χ2n) is 7.33. The van der Waals surface area contributed by atoms with Gasteiger partial charge in [0.05, 0.1) is 6.42 Å². The van der Waals surface area contributed by atoms with Crippen molar-refractivity contribution in [3.05, 3.63) is 36.0 Å². The molecule has 138 valence electrons. The number of H-pyrrole nitrogens is 1. The molecule has 1 aromatic heterocycles. The van der Waals surface area contributed by atoms with Gasteiger partial charge in [0.15, 0.2) is 0 Å². The highest BCUT2D eigenvalue weighted by Gasteiger charge is 2.26. The molecule has 0 spiro atoms. The molecule has 1 saturated heterocycles. The first-order valence-corrected chi connectivity index (χ1v) is 9.59. The molecule has 2 heterocycles. The summed E-state index contributed by atoms with van der Waals surface area (Å²) in [6.45, 7) is 2.44. The molecule has 0 radical (unpaired) electrons. The highest BCUT2D eigenvalue weighted by molar-refractivity contribution is 5.89. The van der Waals surface area contributed by atoms with Crippen LogP contribution >= 0.6 is 0 Å². The number of aromatic nitrogens is 1. The zero-order valence-corrected chi connectivity index (χ0v) is 15.0. The first-order chi connectivity index (χ1) is 12.7. The van der Waals surface area contributed by atoms with Crippen LogP contribution in [0.1, 0.15) is 31.2 Å². The largest absolute Gasteiger partial charge is 0.361 e. The summed E-state index contributed by atoms with van der Waals surface area (Å²) in [6.07, 6.45) is 6.93. The van der Waals surface area contributed by atoms with Gasteiger partial charge in [0.25, 0.3) is 0 Å². The molecule has 1 aliphatic carbocycles. The number of rotatable bonds is 3. The molecule has 6 heteroatoms. The van der Waals surface area contributed by atoms with Crippen molar-refractivity contribution < 1.29 is 9.59 Å². The van der Waals surface area contributed by atoms with Gasteiger partial charge in [0, 0.05) is 49.3 Å². The third-order valence-corrected chi connectivity index (χ3v) is 5.62. The average molecular weight is 354 g/mol. The van der Waals surface area contributed by atoms with Crippen LogP contribution in [-0.2, 0) is 11.2 Å². The SMILES string of the molecule is O=C(Cc1c[nH]c2ccccc12)N1CCN(C(=O)NC2CCCC2)CC1. The van der Waals surface area contributed by atoms with Crippen LogP contribution in [0.25, 0.3) is 10.9 Å². The zero-order chi connectivity index (χ0) is 17.9. The topological polar surface area (TPSA) is 68.4 Å². The number of nitrogens with one attached hydrogen (secondary N) is 2. The summed E-state index contributed by atoms with van der Waals surface area (Å²) in [5.74, 6) is 0.130. The summed E-state index contributed by atoms with van der Waals surface area (Å²) in [7, 11) is 0. The molecular weight excluding hydrogens is 328 g/mol. The lowest BCUT2D eigenvalue weighted by atomic mass is 10.1. The van der Waals surface area contributed by atoms with E-state index in [9.17, 15) is 9.59 Å². The quantitative estimate of drug-likeness (QED) is 0.889. The summed E-state index contributed by atoms with van der Waals surface area (Å²) in [5.41, 5.74) is 2.09. The van der Waals surface area contributed by atoms with Gasteiger partial charge in [-0.3, -0.25) is 4.79 Å². The Labute approximate surface area is 153 Å². The molecule has 2 fully saturated rings. The Hall–Kier alpha value is -2.50. The van der Waals surface area contributed by atoms with Crippen molar-refractivity contribution in [1.82, 2.24) is 20.1 Å². The van der Waals surface area contributed by atoms with E-state index in [0.717, 1.165) is 29.3 Å². The molecule has 0 unspecified atom stereocenters. The normalized spacial score (nSPS) is 18.5. The maximum Gasteiger partial charge on any atom is 0.317 e. The van der Waals surface area contributed by atoms with Crippen LogP contribution in [0.4, 0.5) is 4.79 Å². The second kappa shape index (κ2) is 7.40. The maximum absolute atomic E-state index is 12.7. The van der Waals surface area contributed by atoms with Crippen molar-refractivity contribution in [1.29, 1.82) is 0 Å². The third-order valence-electron chi connectivity index (χ3n) is 5.62. The fraction of sp³-hybridized carbons (Fsp3) is 0.500. The Bertz CT molecular complexity index is 786. The fourth-order valence-corrected chi connectivity index (χ4v) is 4.05. The molecule has 3 amide bonds. The molecular formula is C20H26N4O2. The molecule has 1 aromatic carbocycles. The number of carbonyl (C=O) groups excluding carboxylic acids is 2. The number of amides is 3. The van der Waals surface area contributed by atoms with Gasteiger partial charge in [0.1, 0.15) is 0 Å². The van der Waals surface area contributed by atoms with E-state index < -0.39 is 0 Å². The van der Waals surface area contributed by atoms with Crippen LogP contribution in [0.3, 0.4) is 0 Å². The van der Waals surface area contributed by atoms with Gasteiger partial charge in [-0.25, -0.2) is 4.79 Å². The molecule has 26 heavy (non-hydrogen) atoms.